The van der Waals surface area contributed by atoms with Crippen molar-refractivity contribution in [1.29, 1.82) is 0 Å². The number of allylic oxidation sites excluding steroid dienone is 2. The second kappa shape index (κ2) is 8.35. The lowest BCUT2D eigenvalue weighted by atomic mass is 9.85. The summed E-state index contributed by atoms with van der Waals surface area (Å²) in [5.74, 6) is 1.43. The summed E-state index contributed by atoms with van der Waals surface area (Å²) < 4.78 is 5.96. The minimum absolute atomic E-state index is 0.519. The molecule has 2 atom stereocenters. The Hall–Kier alpha value is -1.12. The summed E-state index contributed by atoms with van der Waals surface area (Å²) >= 11 is 0. The van der Waals surface area contributed by atoms with Crippen molar-refractivity contribution in [1.82, 2.24) is 5.32 Å². The van der Waals surface area contributed by atoms with Crippen molar-refractivity contribution in [2.75, 3.05) is 6.61 Å². The molecule has 2 heteroatoms. The molecule has 0 radical (unpaired) electrons. The topological polar surface area (TPSA) is 21.3 Å². The van der Waals surface area contributed by atoms with E-state index in [1.54, 1.807) is 0 Å². The van der Waals surface area contributed by atoms with Gasteiger partial charge in [-0.05, 0) is 35.8 Å². The summed E-state index contributed by atoms with van der Waals surface area (Å²) in [5.41, 5.74) is 2.61. The van der Waals surface area contributed by atoms with Crippen LogP contribution in [0.2, 0.25) is 0 Å². The average Bonchev–Trinajstić information content (AvgIpc) is 2.48. The summed E-state index contributed by atoms with van der Waals surface area (Å²) in [4.78, 5) is 0. The Balaban J connectivity index is 1.77. The molecule has 0 heterocycles. The minimum atomic E-state index is 0.519. The van der Waals surface area contributed by atoms with Crippen LogP contribution in [0.25, 0.3) is 0 Å². The number of hydrogen-bond donors (Lipinski definition) is 1. The highest BCUT2D eigenvalue weighted by Crippen LogP contribution is 2.25. The molecule has 0 aliphatic heterocycles. The molecule has 0 amide bonds. The highest BCUT2D eigenvalue weighted by atomic mass is 16.5. The second-order valence-electron chi connectivity index (χ2n) is 6.55. The molecule has 1 aromatic carbocycles. The Labute approximate surface area is 129 Å². The summed E-state index contributed by atoms with van der Waals surface area (Å²) in [7, 11) is 0. The molecule has 0 fully saturated rings. The van der Waals surface area contributed by atoms with E-state index >= 15 is 0 Å². The van der Waals surface area contributed by atoms with Crippen LogP contribution in [0.4, 0.5) is 0 Å². The second-order valence-corrected chi connectivity index (χ2v) is 6.55. The van der Waals surface area contributed by atoms with Gasteiger partial charge < -0.3 is 10.1 Å². The van der Waals surface area contributed by atoms with Gasteiger partial charge in [0.15, 0.2) is 0 Å². The maximum atomic E-state index is 5.96. The largest absolute Gasteiger partial charge is 0.376 e. The third-order valence-corrected chi connectivity index (χ3v) is 4.22. The fourth-order valence-electron chi connectivity index (χ4n) is 2.72. The highest BCUT2D eigenvalue weighted by Gasteiger charge is 2.18. The van der Waals surface area contributed by atoms with E-state index < -0.39 is 0 Å². The molecule has 0 aromatic heterocycles. The van der Waals surface area contributed by atoms with E-state index in [-0.39, 0.29) is 0 Å². The van der Waals surface area contributed by atoms with Crippen LogP contribution >= 0.6 is 0 Å². The van der Waals surface area contributed by atoms with Crippen molar-refractivity contribution in [3.63, 3.8) is 0 Å². The van der Waals surface area contributed by atoms with Crippen LogP contribution in [0.1, 0.15) is 44.7 Å². The maximum absolute atomic E-state index is 5.96. The van der Waals surface area contributed by atoms with Gasteiger partial charge in [-0.15, -0.1) is 0 Å². The van der Waals surface area contributed by atoms with Crippen LogP contribution in [0.3, 0.4) is 0 Å². The van der Waals surface area contributed by atoms with Gasteiger partial charge in [0.1, 0.15) is 0 Å². The van der Waals surface area contributed by atoms with E-state index in [4.69, 9.17) is 4.74 Å². The lowest BCUT2D eigenvalue weighted by Crippen LogP contribution is -2.21. The van der Waals surface area contributed by atoms with Gasteiger partial charge in [0.2, 0.25) is 0 Å². The molecule has 1 aliphatic carbocycles. The average molecular weight is 287 g/mol. The van der Waals surface area contributed by atoms with Crippen molar-refractivity contribution in [2.45, 2.75) is 52.8 Å². The van der Waals surface area contributed by atoms with Crippen LogP contribution in [-0.4, -0.2) is 12.6 Å². The molecule has 0 bridgehead atoms. The van der Waals surface area contributed by atoms with Crippen molar-refractivity contribution < 1.29 is 4.74 Å². The summed E-state index contributed by atoms with van der Waals surface area (Å²) in [5, 5.41) is 3.45. The van der Waals surface area contributed by atoms with Crippen LogP contribution in [0.15, 0.2) is 36.4 Å². The SMILES string of the molecule is CC(C)NCc1cccc(COCC2CC=CCC2C)c1. The molecule has 0 spiro atoms. The normalized spacial score (nSPS) is 21.9. The molecular weight excluding hydrogens is 258 g/mol. The van der Waals surface area contributed by atoms with Crippen molar-refractivity contribution in [3.8, 4) is 0 Å². The Kier molecular flexibility index (Phi) is 6.47. The first-order chi connectivity index (χ1) is 10.1. The molecular formula is C19H29NO. The molecule has 1 aromatic rings. The van der Waals surface area contributed by atoms with E-state index in [1.807, 2.05) is 0 Å². The lowest BCUT2D eigenvalue weighted by Gasteiger charge is -2.25. The summed E-state index contributed by atoms with van der Waals surface area (Å²) in [6.45, 7) is 9.20. The van der Waals surface area contributed by atoms with Gasteiger partial charge >= 0.3 is 0 Å². The zero-order valence-corrected chi connectivity index (χ0v) is 13.6. The van der Waals surface area contributed by atoms with Gasteiger partial charge in [-0.1, -0.05) is 57.2 Å². The van der Waals surface area contributed by atoms with Crippen LogP contribution in [0, 0.1) is 11.8 Å². The maximum Gasteiger partial charge on any atom is 0.0717 e. The predicted octanol–water partition coefficient (Wildman–Crippen LogP) is 4.30. The first kappa shape index (κ1) is 16.3. The number of hydrogen-bond acceptors (Lipinski definition) is 2. The van der Waals surface area contributed by atoms with E-state index in [0.29, 0.717) is 12.0 Å². The monoisotopic (exact) mass is 287 g/mol. The Morgan fingerprint density at radius 3 is 2.71 bits per heavy atom. The van der Waals surface area contributed by atoms with E-state index in [2.05, 4.69) is 62.5 Å². The van der Waals surface area contributed by atoms with Gasteiger partial charge in [0.25, 0.3) is 0 Å². The zero-order valence-electron chi connectivity index (χ0n) is 13.6. The molecule has 1 aliphatic rings. The smallest absolute Gasteiger partial charge is 0.0717 e. The van der Waals surface area contributed by atoms with Gasteiger partial charge in [-0.25, -0.2) is 0 Å². The molecule has 2 rings (SSSR count). The Morgan fingerprint density at radius 2 is 1.95 bits per heavy atom. The lowest BCUT2D eigenvalue weighted by molar-refractivity contribution is 0.0680. The predicted molar refractivity (Wildman–Crippen MR) is 89.1 cm³/mol. The fraction of sp³-hybridized carbons (Fsp3) is 0.579. The Bertz CT molecular complexity index is 453. The van der Waals surface area contributed by atoms with Crippen LogP contribution < -0.4 is 5.32 Å². The highest BCUT2D eigenvalue weighted by molar-refractivity contribution is 5.22. The van der Waals surface area contributed by atoms with Gasteiger partial charge in [0.05, 0.1) is 13.2 Å². The van der Waals surface area contributed by atoms with Crippen LogP contribution in [0.5, 0.6) is 0 Å². The minimum Gasteiger partial charge on any atom is -0.376 e. The fourth-order valence-corrected chi connectivity index (χ4v) is 2.72. The van der Waals surface area contributed by atoms with Crippen molar-refractivity contribution in [3.05, 3.63) is 47.5 Å². The molecule has 2 nitrogen and oxygen atoms in total. The number of rotatable bonds is 7. The summed E-state index contributed by atoms with van der Waals surface area (Å²) in [6.07, 6.45) is 6.96. The number of benzene rings is 1. The van der Waals surface area contributed by atoms with Gasteiger partial charge in [-0.3, -0.25) is 0 Å². The first-order valence-electron chi connectivity index (χ1n) is 8.19. The number of ether oxygens (including phenoxy) is 1. The molecule has 116 valence electrons. The van der Waals surface area contributed by atoms with E-state index in [0.717, 1.165) is 25.7 Å². The molecule has 0 saturated heterocycles. The summed E-state index contributed by atoms with van der Waals surface area (Å²) in [6, 6.07) is 9.23. The first-order valence-corrected chi connectivity index (χ1v) is 8.19. The van der Waals surface area contributed by atoms with Crippen molar-refractivity contribution >= 4 is 0 Å². The molecule has 1 N–H and O–H groups in total. The van der Waals surface area contributed by atoms with E-state index in [9.17, 15) is 0 Å². The van der Waals surface area contributed by atoms with Gasteiger partial charge in [0, 0.05) is 12.6 Å². The van der Waals surface area contributed by atoms with Crippen LogP contribution in [-0.2, 0) is 17.9 Å². The standard InChI is InChI=1S/C19H29NO/c1-15(2)20-12-17-8-6-9-18(11-17)13-21-14-19-10-5-4-7-16(19)3/h4-6,8-9,11,15-16,19-20H,7,10,12-14H2,1-3H3. The van der Waals surface area contributed by atoms with E-state index in [1.165, 1.54) is 24.0 Å². The molecule has 21 heavy (non-hydrogen) atoms. The molecule has 0 saturated carbocycles. The zero-order chi connectivity index (χ0) is 15.1. The molecule has 2 unspecified atom stereocenters. The quantitative estimate of drug-likeness (QED) is 0.755. The third-order valence-electron chi connectivity index (χ3n) is 4.22. The van der Waals surface area contributed by atoms with Gasteiger partial charge in [-0.2, -0.15) is 0 Å². The van der Waals surface area contributed by atoms with Crippen molar-refractivity contribution in [2.24, 2.45) is 11.8 Å². The number of nitrogens with one attached hydrogen (secondary N) is 1. The third kappa shape index (κ3) is 5.64. The Morgan fingerprint density at radius 1 is 1.19 bits per heavy atom.